The molecule has 0 aromatic heterocycles. The van der Waals surface area contributed by atoms with Gasteiger partial charge in [0.25, 0.3) is 0 Å². The molecule has 1 aromatic rings. The smallest absolute Gasteiger partial charge is 0.490 e. The zero-order chi connectivity index (χ0) is 17.3. The SMILES string of the molecule is CO[Si](CCCOc1cccc(C=O)c1OC(C)C)(OC)OC. The molecule has 0 aliphatic rings. The van der Waals surface area contributed by atoms with Gasteiger partial charge in [0.15, 0.2) is 17.8 Å². The van der Waals surface area contributed by atoms with Gasteiger partial charge in [0, 0.05) is 27.4 Å². The summed E-state index contributed by atoms with van der Waals surface area (Å²) in [7, 11) is 2.18. The molecular formula is C16H26O6Si. The van der Waals surface area contributed by atoms with E-state index in [1.807, 2.05) is 13.8 Å². The van der Waals surface area contributed by atoms with Crippen molar-refractivity contribution in [2.75, 3.05) is 27.9 Å². The number of aldehydes is 1. The number of benzene rings is 1. The molecule has 130 valence electrons. The second-order valence-corrected chi connectivity index (χ2v) is 8.30. The highest BCUT2D eigenvalue weighted by Crippen LogP contribution is 2.31. The van der Waals surface area contributed by atoms with Gasteiger partial charge in [-0.25, -0.2) is 0 Å². The van der Waals surface area contributed by atoms with E-state index in [2.05, 4.69) is 0 Å². The van der Waals surface area contributed by atoms with Crippen LogP contribution in [0.3, 0.4) is 0 Å². The Bertz CT molecular complexity index is 479. The molecule has 1 rings (SSSR count). The van der Waals surface area contributed by atoms with E-state index in [1.54, 1.807) is 39.5 Å². The maximum atomic E-state index is 11.2. The number of ether oxygens (including phenoxy) is 2. The maximum absolute atomic E-state index is 11.2. The molecule has 0 spiro atoms. The molecule has 1 aromatic carbocycles. The van der Waals surface area contributed by atoms with Crippen LogP contribution in [0, 0.1) is 0 Å². The summed E-state index contributed by atoms with van der Waals surface area (Å²) in [6, 6.07) is 5.91. The highest BCUT2D eigenvalue weighted by atomic mass is 28.4. The van der Waals surface area contributed by atoms with Gasteiger partial charge in [-0.15, -0.1) is 0 Å². The lowest BCUT2D eigenvalue weighted by Crippen LogP contribution is -2.42. The van der Waals surface area contributed by atoms with Crippen molar-refractivity contribution in [1.29, 1.82) is 0 Å². The summed E-state index contributed by atoms with van der Waals surface area (Å²) in [5.74, 6) is 1.04. The Balaban J connectivity index is 2.69. The fourth-order valence-corrected chi connectivity index (χ4v) is 3.82. The number of carbonyl (C=O) groups is 1. The van der Waals surface area contributed by atoms with Crippen molar-refractivity contribution in [1.82, 2.24) is 0 Å². The lowest BCUT2D eigenvalue weighted by molar-refractivity contribution is 0.111. The minimum absolute atomic E-state index is 0.0472. The molecule has 0 saturated heterocycles. The summed E-state index contributed by atoms with van der Waals surface area (Å²) < 4.78 is 27.6. The first kappa shape index (κ1) is 19.6. The molecule has 0 amide bonds. The second kappa shape index (κ2) is 9.66. The third kappa shape index (κ3) is 5.62. The highest BCUT2D eigenvalue weighted by molar-refractivity contribution is 6.60. The van der Waals surface area contributed by atoms with Gasteiger partial charge in [0.2, 0.25) is 0 Å². The lowest BCUT2D eigenvalue weighted by atomic mass is 10.2. The quantitative estimate of drug-likeness (QED) is 0.350. The zero-order valence-corrected chi connectivity index (χ0v) is 15.5. The molecule has 0 saturated carbocycles. The Morgan fingerprint density at radius 1 is 1.13 bits per heavy atom. The third-order valence-electron chi connectivity index (χ3n) is 3.31. The maximum Gasteiger partial charge on any atom is 0.500 e. The Morgan fingerprint density at radius 2 is 1.78 bits per heavy atom. The molecule has 0 aliphatic heterocycles. The average Bonchev–Trinajstić information content (AvgIpc) is 2.56. The van der Waals surface area contributed by atoms with Crippen LogP contribution >= 0.6 is 0 Å². The molecule has 0 aliphatic carbocycles. The van der Waals surface area contributed by atoms with Crippen molar-refractivity contribution < 1.29 is 27.5 Å². The number of rotatable bonds is 11. The van der Waals surface area contributed by atoms with Gasteiger partial charge in [0.05, 0.1) is 18.3 Å². The second-order valence-electron chi connectivity index (χ2n) is 5.21. The van der Waals surface area contributed by atoms with Crippen LogP contribution < -0.4 is 9.47 Å². The van der Waals surface area contributed by atoms with Crippen molar-refractivity contribution in [3.05, 3.63) is 23.8 Å². The molecule has 6 nitrogen and oxygen atoms in total. The van der Waals surface area contributed by atoms with E-state index < -0.39 is 8.80 Å². The first-order valence-corrected chi connectivity index (χ1v) is 9.48. The minimum atomic E-state index is -2.58. The third-order valence-corrected chi connectivity index (χ3v) is 6.14. The molecule has 0 bridgehead atoms. The Kier molecular flexibility index (Phi) is 8.25. The monoisotopic (exact) mass is 342 g/mol. The summed E-state index contributed by atoms with van der Waals surface area (Å²) >= 11 is 0. The van der Waals surface area contributed by atoms with Crippen LogP contribution in [0.2, 0.25) is 6.04 Å². The molecule has 0 radical (unpaired) electrons. The van der Waals surface area contributed by atoms with Crippen molar-refractivity contribution in [3.8, 4) is 11.5 Å². The van der Waals surface area contributed by atoms with E-state index in [9.17, 15) is 4.79 Å². The van der Waals surface area contributed by atoms with Crippen LogP contribution in [-0.2, 0) is 13.3 Å². The number of hydrogen-bond acceptors (Lipinski definition) is 6. The van der Waals surface area contributed by atoms with E-state index in [0.717, 1.165) is 6.29 Å². The largest absolute Gasteiger partial charge is 0.500 e. The van der Waals surface area contributed by atoms with Crippen LogP contribution in [0.15, 0.2) is 18.2 Å². The normalized spacial score (nSPS) is 11.6. The average molecular weight is 342 g/mol. The fourth-order valence-electron chi connectivity index (χ4n) is 2.13. The van der Waals surface area contributed by atoms with Crippen LogP contribution in [0.1, 0.15) is 30.6 Å². The van der Waals surface area contributed by atoms with Crippen LogP contribution in [0.4, 0.5) is 0 Å². The fraction of sp³-hybridized carbons (Fsp3) is 0.562. The number of carbonyl (C=O) groups excluding carboxylic acids is 1. The van der Waals surface area contributed by atoms with Gasteiger partial charge in [-0.1, -0.05) is 6.07 Å². The van der Waals surface area contributed by atoms with E-state index in [-0.39, 0.29) is 6.10 Å². The highest BCUT2D eigenvalue weighted by Gasteiger charge is 2.36. The summed E-state index contributed by atoms with van der Waals surface area (Å²) in [5, 5.41) is 0. The molecule has 0 fully saturated rings. The van der Waals surface area contributed by atoms with E-state index >= 15 is 0 Å². The summed E-state index contributed by atoms with van der Waals surface area (Å²) in [6.45, 7) is 4.25. The van der Waals surface area contributed by atoms with Gasteiger partial charge in [-0.2, -0.15) is 0 Å². The van der Waals surface area contributed by atoms with Crippen LogP contribution in [0.25, 0.3) is 0 Å². The minimum Gasteiger partial charge on any atom is -0.490 e. The van der Waals surface area contributed by atoms with Crippen molar-refractivity contribution in [2.45, 2.75) is 32.4 Å². The standard InChI is InChI=1S/C16H26O6Si/c1-13(2)22-16-14(12-17)8-6-9-15(16)21-10-7-11-23(18-3,19-4)20-5/h6,8-9,12-13H,7,10-11H2,1-5H3. The summed E-state index contributed by atoms with van der Waals surface area (Å²) in [6.07, 6.45) is 1.42. The van der Waals surface area contributed by atoms with Crippen molar-refractivity contribution >= 4 is 15.1 Å². The molecule has 23 heavy (non-hydrogen) atoms. The predicted octanol–water partition coefficient (Wildman–Crippen LogP) is 2.93. The first-order valence-electron chi connectivity index (χ1n) is 7.55. The lowest BCUT2D eigenvalue weighted by Gasteiger charge is -2.24. The Morgan fingerprint density at radius 3 is 2.30 bits per heavy atom. The van der Waals surface area contributed by atoms with Gasteiger partial charge in [-0.3, -0.25) is 4.79 Å². The van der Waals surface area contributed by atoms with Crippen LogP contribution in [-0.4, -0.2) is 49.1 Å². The van der Waals surface area contributed by atoms with E-state index in [4.69, 9.17) is 22.8 Å². The van der Waals surface area contributed by atoms with Crippen molar-refractivity contribution in [3.63, 3.8) is 0 Å². The predicted molar refractivity (Wildman–Crippen MR) is 89.3 cm³/mol. The number of hydrogen-bond donors (Lipinski definition) is 0. The molecule has 7 heteroatoms. The number of para-hydroxylation sites is 1. The molecule has 0 unspecified atom stereocenters. The molecule has 0 atom stereocenters. The van der Waals surface area contributed by atoms with Crippen LogP contribution in [0.5, 0.6) is 11.5 Å². The zero-order valence-electron chi connectivity index (χ0n) is 14.5. The van der Waals surface area contributed by atoms with E-state index in [1.165, 1.54) is 0 Å². The summed E-state index contributed by atoms with van der Waals surface area (Å²) in [4.78, 5) is 11.2. The Hall–Kier alpha value is -1.41. The van der Waals surface area contributed by atoms with Gasteiger partial charge in [0.1, 0.15) is 0 Å². The molecule has 0 heterocycles. The summed E-state index contributed by atoms with van der Waals surface area (Å²) in [5.41, 5.74) is 0.477. The first-order chi connectivity index (χ1) is 11.0. The van der Waals surface area contributed by atoms with Gasteiger partial charge >= 0.3 is 8.80 Å². The van der Waals surface area contributed by atoms with Crippen molar-refractivity contribution in [2.24, 2.45) is 0 Å². The topological polar surface area (TPSA) is 63.2 Å². The van der Waals surface area contributed by atoms with Gasteiger partial charge < -0.3 is 22.8 Å². The van der Waals surface area contributed by atoms with E-state index in [0.29, 0.717) is 36.1 Å². The molecular weight excluding hydrogens is 316 g/mol. The van der Waals surface area contributed by atoms with Gasteiger partial charge in [-0.05, 0) is 32.4 Å². The molecule has 0 N–H and O–H groups in total. The Labute approximate surface area is 139 Å².